The van der Waals surface area contributed by atoms with E-state index in [2.05, 4.69) is 10.6 Å². The maximum absolute atomic E-state index is 15.0. The lowest BCUT2D eigenvalue weighted by atomic mass is 10.0. The number of carbonyl (C=O) groups excluding carboxylic acids is 4. The largest absolute Gasteiger partial charge is 0.342 e. The molecule has 2 unspecified atom stereocenters. The molecular formula is C40H53N4O6P. The fourth-order valence-electron chi connectivity index (χ4n) is 6.58. The summed E-state index contributed by atoms with van der Waals surface area (Å²) in [6.07, 6.45) is 3.34. The zero-order valence-corrected chi connectivity index (χ0v) is 31.2. The van der Waals surface area contributed by atoms with E-state index >= 15 is 0 Å². The van der Waals surface area contributed by atoms with E-state index in [1.165, 1.54) is 12.0 Å². The molecule has 4 rings (SSSR count). The fraction of sp³-hybridized carbons (Fsp3) is 0.450. The predicted octanol–water partition coefficient (Wildman–Crippen LogP) is 7.32. The molecule has 51 heavy (non-hydrogen) atoms. The first-order valence-corrected chi connectivity index (χ1v) is 19.9. The smallest absolute Gasteiger partial charge is 0.254 e. The average Bonchev–Trinajstić information content (AvgIpc) is 3.64. The minimum absolute atomic E-state index is 0.0275. The van der Waals surface area contributed by atoms with Crippen molar-refractivity contribution in [3.63, 3.8) is 0 Å². The van der Waals surface area contributed by atoms with Crippen LogP contribution in [0.25, 0.3) is 0 Å². The lowest BCUT2D eigenvalue weighted by molar-refractivity contribution is -0.138. The number of likely N-dealkylation sites (tertiary alicyclic amines) is 1. The molecule has 0 aromatic heterocycles. The van der Waals surface area contributed by atoms with E-state index in [1.807, 2.05) is 75.4 Å². The topological polar surface area (TPSA) is 125 Å². The van der Waals surface area contributed by atoms with Crippen LogP contribution in [0, 0.1) is 5.92 Å². The molecule has 0 aliphatic carbocycles. The van der Waals surface area contributed by atoms with Gasteiger partial charge in [0.1, 0.15) is 24.2 Å². The van der Waals surface area contributed by atoms with Gasteiger partial charge < -0.3 is 25.0 Å². The van der Waals surface area contributed by atoms with Crippen LogP contribution in [0.4, 0.5) is 5.69 Å². The SMILES string of the molecule is CCCC(NC(=O)[C@@H]1CCCN1C(=O)c1ccccc1)P(=O)(CN(C(=O)CCCc1ccccc1)[C@@H](CC(C)C)C(=O)Nc1ccccc1)OC. The third kappa shape index (κ3) is 11.1. The summed E-state index contributed by atoms with van der Waals surface area (Å²) in [5.74, 6) is -2.25. The van der Waals surface area contributed by atoms with Crippen molar-refractivity contribution in [3.8, 4) is 0 Å². The Kier molecular flexibility index (Phi) is 15.0. The summed E-state index contributed by atoms with van der Waals surface area (Å²) in [4.78, 5) is 58.4. The van der Waals surface area contributed by atoms with E-state index < -0.39 is 31.1 Å². The van der Waals surface area contributed by atoms with Crippen molar-refractivity contribution in [1.29, 1.82) is 0 Å². The van der Waals surface area contributed by atoms with Crippen LogP contribution >= 0.6 is 7.37 Å². The van der Waals surface area contributed by atoms with Crippen molar-refractivity contribution in [2.75, 3.05) is 25.3 Å². The first kappa shape index (κ1) is 39.5. The molecule has 1 saturated heterocycles. The standard InChI is InChI=1S/C40H53N4O6P/c1-5-17-36(42-38(46)34-25-16-27-43(34)40(48)32-21-11-7-12-22-32)51(49,50-4)29-44(37(45)26-15-20-31-18-9-6-10-19-31)35(28-30(2)3)39(47)41-33-23-13-8-14-24-33/h6-14,18-19,21-24,30,34-36H,5,15-17,20,25-29H2,1-4H3,(H,41,47)(H,42,46)/t34-,35-,36?,51?/m0/s1. The van der Waals surface area contributed by atoms with Gasteiger partial charge in [-0.3, -0.25) is 23.7 Å². The number of carbonyl (C=O) groups is 4. The maximum atomic E-state index is 15.0. The molecular weight excluding hydrogens is 663 g/mol. The molecule has 1 heterocycles. The second kappa shape index (κ2) is 19.4. The Hall–Kier alpha value is -4.27. The van der Waals surface area contributed by atoms with Crippen LogP contribution in [0.2, 0.25) is 0 Å². The monoisotopic (exact) mass is 716 g/mol. The van der Waals surface area contributed by atoms with Gasteiger partial charge >= 0.3 is 0 Å². The Labute approximate surface area is 302 Å². The molecule has 0 saturated carbocycles. The van der Waals surface area contributed by atoms with Crippen molar-refractivity contribution in [3.05, 3.63) is 102 Å². The van der Waals surface area contributed by atoms with E-state index in [0.29, 0.717) is 62.7 Å². The highest BCUT2D eigenvalue weighted by Crippen LogP contribution is 2.53. The van der Waals surface area contributed by atoms with Crippen LogP contribution in [0.3, 0.4) is 0 Å². The summed E-state index contributed by atoms with van der Waals surface area (Å²) < 4.78 is 20.8. The van der Waals surface area contributed by atoms with Gasteiger partial charge in [-0.15, -0.1) is 0 Å². The summed E-state index contributed by atoms with van der Waals surface area (Å²) in [6.45, 7) is 6.30. The van der Waals surface area contributed by atoms with Crippen molar-refractivity contribution < 1.29 is 28.3 Å². The molecule has 274 valence electrons. The summed E-state index contributed by atoms with van der Waals surface area (Å²) >= 11 is 0. The van der Waals surface area contributed by atoms with Crippen molar-refractivity contribution in [2.45, 2.75) is 90.0 Å². The molecule has 0 spiro atoms. The molecule has 10 nitrogen and oxygen atoms in total. The van der Waals surface area contributed by atoms with Crippen LogP contribution in [0.15, 0.2) is 91.0 Å². The molecule has 11 heteroatoms. The number of aryl methyl sites for hydroxylation is 1. The van der Waals surface area contributed by atoms with Gasteiger partial charge in [0.25, 0.3) is 5.91 Å². The van der Waals surface area contributed by atoms with E-state index in [1.54, 1.807) is 41.3 Å². The molecule has 0 bridgehead atoms. The fourth-order valence-corrected chi connectivity index (χ4v) is 8.90. The Morgan fingerprint density at radius 2 is 1.57 bits per heavy atom. The molecule has 1 aliphatic rings. The van der Waals surface area contributed by atoms with Gasteiger partial charge in [0.15, 0.2) is 0 Å². The predicted molar refractivity (Wildman–Crippen MR) is 201 cm³/mol. The van der Waals surface area contributed by atoms with Crippen LogP contribution in [0.5, 0.6) is 0 Å². The zero-order valence-electron chi connectivity index (χ0n) is 30.3. The number of nitrogens with zero attached hydrogens (tertiary/aromatic N) is 2. The number of hydrogen-bond acceptors (Lipinski definition) is 6. The molecule has 4 amide bonds. The van der Waals surface area contributed by atoms with Gasteiger partial charge in [-0.25, -0.2) is 0 Å². The van der Waals surface area contributed by atoms with Gasteiger partial charge in [0.2, 0.25) is 25.1 Å². The van der Waals surface area contributed by atoms with Crippen LogP contribution in [0.1, 0.15) is 81.6 Å². The quantitative estimate of drug-likeness (QED) is 0.133. The summed E-state index contributed by atoms with van der Waals surface area (Å²) in [6, 6.07) is 26.1. The second-order valence-corrected chi connectivity index (χ2v) is 16.3. The number of nitrogens with one attached hydrogen (secondary N) is 2. The number of para-hydroxylation sites is 1. The Morgan fingerprint density at radius 3 is 2.18 bits per heavy atom. The van der Waals surface area contributed by atoms with Crippen LogP contribution in [-0.2, 0) is 29.9 Å². The minimum atomic E-state index is -3.85. The number of amides is 4. The summed E-state index contributed by atoms with van der Waals surface area (Å²) in [5.41, 5.74) is 2.18. The maximum Gasteiger partial charge on any atom is 0.254 e. The second-order valence-electron chi connectivity index (χ2n) is 13.6. The zero-order chi connectivity index (χ0) is 36.8. The lowest BCUT2D eigenvalue weighted by Gasteiger charge is -2.37. The van der Waals surface area contributed by atoms with Crippen LogP contribution < -0.4 is 10.6 Å². The number of anilines is 1. The minimum Gasteiger partial charge on any atom is -0.342 e. The molecule has 0 radical (unpaired) electrons. The first-order valence-electron chi connectivity index (χ1n) is 18.1. The van der Waals surface area contributed by atoms with Gasteiger partial charge in [0, 0.05) is 31.3 Å². The third-order valence-electron chi connectivity index (χ3n) is 9.28. The van der Waals surface area contributed by atoms with E-state index in [9.17, 15) is 23.7 Å². The van der Waals surface area contributed by atoms with Crippen molar-refractivity contribution in [2.24, 2.45) is 5.92 Å². The van der Waals surface area contributed by atoms with Crippen LogP contribution in [-0.4, -0.2) is 71.2 Å². The van der Waals surface area contributed by atoms with E-state index in [4.69, 9.17) is 4.52 Å². The average molecular weight is 717 g/mol. The van der Waals surface area contributed by atoms with Gasteiger partial charge in [-0.1, -0.05) is 93.9 Å². The van der Waals surface area contributed by atoms with Gasteiger partial charge in [-0.05, 0) is 74.3 Å². The Bertz CT molecular complexity index is 1620. The summed E-state index contributed by atoms with van der Waals surface area (Å²) in [7, 11) is -2.52. The van der Waals surface area contributed by atoms with Crippen molar-refractivity contribution >= 4 is 36.7 Å². The highest BCUT2D eigenvalue weighted by atomic mass is 31.2. The normalized spacial score (nSPS) is 16.6. The lowest BCUT2D eigenvalue weighted by Crippen LogP contribution is -2.51. The van der Waals surface area contributed by atoms with Crippen molar-refractivity contribution in [1.82, 2.24) is 15.1 Å². The number of rotatable bonds is 18. The Morgan fingerprint density at radius 1 is 0.941 bits per heavy atom. The summed E-state index contributed by atoms with van der Waals surface area (Å²) in [5, 5.41) is 5.94. The van der Waals surface area contributed by atoms with E-state index in [-0.39, 0.29) is 36.3 Å². The molecule has 1 aliphatic heterocycles. The van der Waals surface area contributed by atoms with Gasteiger partial charge in [-0.2, -0.15) is 0 Å². The van der Waals surface area contributed by atoms with Gasteiger partial charge in [0.05, 0.1) is 0 Å². The number of hydrogen-bond donors (Lipinski definition) is 2. The molecule has 4 atom stereocenters. The Balaban J connectivity index is 1.61. The first-order chi connectivity index (χ1) is 24.6. The highest BCUT2D eigenvalue weighted by Gasteiger charge is 2.43. The molecule has 3 aromatic carbocycles. The molecule has 2 N–H and O–H groups in total. The molecule has 3 aromatic rings. The number of benzene rings is 3. The third-order valence-corrected chi connectivity index (χ3v) is 11.9. The highest BCUT2D eigenvalue weighted by molar-refractivity contribution is 7.59. The van der Waals surface area contributed by atoms with E-state index in [0.717, 1.165) is 5.56 Å². The molecule has 1 fully saturated rings.